The Hall–Kier alpha value is -4.65. The molecule has 3 heterocycles. The molecule has 282 valence electrons. The molecule has 13 heteroatoms. The number of H-pyrrole nitrogens is 1. The summed E-state index contributed by atoms with van der Waals surface area (Å²) in [4.78, 5) is 40.9. The molecule has 6 rings (SSSR count). The van der Waals surface area contributed by atoms with Gasteiger partial charge in [0.1, 0.15) is 24.2 Å². The van der Waals surface area contributed by atoms with Gasteiger partial charge in [-0.15, -0.1) is 0 Å². The average Bonchev–Trinajstić information content (AvgIpc) is 3.71. The van der Waals surface area contributed by atoms with Crippen LogP contribution in [0.5, 0.6) is 5.75 Å². The van der Waals surface area contributed by atoms with Crippen LogP contribution in [-0.2, 0) is 35.6 Å². The highest BCUT2D eigenvalue weighted by molar-refractivity contribution is 6.30. The molecule has 53 heavy (non-hydrogen) atoms. The predicted octanol–water partition coefficient (Wildman–Crippen LogP) is 6.11. The number of carbonyl (C=O) groups is 2. The average molecular weight is 746 g/mol. The zero-order valence-corrected chi connectivity index (χ0v) is 31.0. The minimum absolute atomic E-state index is 0.0500. The molecule has 1 aromatic heterocycles. The number of ether oxygens (including phenoxy) is 2. The molecule has 2 saturated heterocycles. The van der Waals surface area contributed by atoms with Crippen LogP contribution < -0.4 is 15.4 Å². The lowest BCUT2D eigenvalue weighted by molar-refractivity contribution is -0.137. The molecule has 2 aliphatic rings. The molecule has 2 aliphatic heterocycles. The molecular formula is C40H49ClFN7O4. The van der Waals surface area contributed by atoms with E-state index in [9.17, 15) is 14.0 Å². The Labute approximate surface area is 315 Å². The van der Waals surface area contributed by atoms with Crippen molar-refractivity contribution in [2.75, 3.05) is 57.7 Å². The molecule has 2 fully saturated rings. The number of hydrogen-bond donors (Lipinski definition) is 3. The summed E-state index contributed by atoms with van der Waals surface area (Å²) in [5.74, 6) is 0.0956. The van der Waals surface area contributed by atoms with Crippen molar-refractivity contribution < 1.29 is 23.5 Å². The quantitative estimate of drug-likeness (QED) is 0.134. The summed E-state index contributed by atoms with van der Waals surface area (Å²) in [7, 11) is 0. The normalized spacial score (nSPS) is 16.2. The van der Waals surface area contributed by atoms with Crippen molar-refractivity contribution in [3.05, 3.63) is 112 Å². The van der Waals surface area contributed by atoms with Gasteiger partial charge >= 0.3 is 6.09 Å². The zero-order chi connectivity index (χ0) is 37.0. The standard InChI is InChI=1S/C40H49ClFN7O4/c1-2-52-37-10-6-9-35(42)34(37)26-48-19-21-49(22-20-48)39(50)38(46-40(51)53-27-29-7-4-3-5-8-29)30-13-16-47(17-14-30)18-15-31-23-32(41)11-12-36(31)44-25-33-24-43-28-45-33/h3-12,23-24,28,30,38,44H,2,13-22,25-27H2,1H3,(H,43,45)(H,46,51)/t38-/m1/s1. The summed E-state index contributed by atoms with van der Waals surface area (Å²) in [5, 5.41) is 7.15. The predicted molar refractivity (Wildman–Crippen MR) is 203 cm³/mol. The Morgan fingerprint density at radius 1 is 1.00 bits per heavy atom. The third-order valence-corrected chi connectivity index (χ3v) is 10.3. The number of amides is 2. The molecule has 0 aliphatic carbocycles. The first-order valence-corrected chi connectivity index (χ1v) is 18.8. The number of imidazole rings is 1. The maximum absolute atomic E-state index is 14.8. The van der Waals surface area contributed by atoms with E-state index in [1.807, 2.05) is 60.4 Å². The van der Waals surface area contributed by atoms with Crippen LogP contribution >= 0.6 is 11.6 Å². The third kappa shape index (κ3) is 10.7. The molecule has 0 unspecified atom stereocenters. The van der Waals surface area contributed by atoms with Crippen molar-refractivity contribution in [1.29, 1.82) is 0 Å². The number of likely N-dealkylation sites (tertiary alicyclic amines) is 1. The molecule has 2 amide bonds. The van der Waals surface area contributed by atoms with E-state index in [-0.39, 0.29) is 24.2 Å². The van der Waals surface area contributed by atoms with Crippen molar-refractivity contribution in [3.63, 3.8) is 0 Å². The van der Waals surface area contributed by atoms with Crippen LogP contribution in [0.3, 0.4) is 0 Å². The maximum Gasteiger partial charge on any atom is 0.408 e. The Kier molecular flexibility index (Phi) is 13.6. The summed E-state index contributed by atoms with van der Waals surface area (Å²) in [6.45, 7) is 8.02. The summed E-state index contributed by atoms with van der Waals surface area (Å²) in [6.07, 6.45) is 5.18. The smallest absolute Gasteiger partial charge is 0.408 e. The van der Waals surface area contributed by atoms with Gasteiger partial charge in [-0.2, -0.15) is 0 Å². The second-order valence-electron chi connectivity index (χ2n) is 13.6. The van der Waals surface area contributed by atoms with Crippen LogP contribution in [0, 0.1) is 11.7 Å². The molecule has 0 bridgehead atoms. The van der Waals surface area contributed by atoms with Gasteiger partial charge in [-0.25, -0.2) is 14.2 Å². The molecule has 0 spiro atoms. The van der Waals surface area contributed by atoms with Gasteiger partial charge in [0.25, 0.3) is 0 Å². The van der Waals surface area contributed by atoms with Crippen LogP contribution in [0.1, 0.15) is 42.1 Å². The van der Waals surface area contributed by atoms with Gasteiger partial charge in [0.2, 0.25) is 5.91 Å². The van der Waals surface area contributed by atoms with Gasteiger partial charge in [-0.1, -0.05) is 48.0 Å². The fourth-order valence-corrected chi connectivity index (χ4v) is 7.30. The molecule has 0 saturated carbocycles. The SMILES string of the molecule is CCOc1cccc(F)c1CN1CCN(C(=O)[C@H](NC(=O)OCc2ccccc2)C2CCN(CCc3cc(Cl)ccc3NCc3cnc[nH]3)CC2)CC1. The minimum atomic E-state index is -0.714. The van der Waals surface area contributed by atoms with Gasteiger partial charge in [-0.05, 0) is 86.7 Å². The van der Waals surface area contributed by atoms with Gasteiger partial charge in [0.05, 0.1) is 25.2 Å². The number of nitrogens with zero attached hydrogens (tertiary/aromatic N) is 4. The number of benzene rings is 3. The number of piperidine rings is 1. The molecular weight excluding hydrogens is 697 g/mol. The van der Waals surface area contributed by atoms with Gasteiger partial charge in [0.15, 0.2) is 0 Å². The van der Waals surface area contributed by atoms with Crippen LogP contribution in [-0.4, -0.2) is 95.1 Å². The van der Waals surface area contributed by atoms with E-state index in [1.165, 1.54) is 6.07 Å². The number of hydrogen-bond acceptors (Lipinski definition) is 8. The minimum Gasteiger partial charge on any atom is -0.493 e. The highest BCUT2D eigenvalue weighted by atomic mass is 35.5. The molecule has 11 nitrogen and oxygen atoms in total. The van der Waals surface area contributed by atoms with Crippen LogP contribution in [0.4, 0.5) is 14.9 Å². The monoisotopic (exact) mass is 745 g/mol. The molecule has 1 atom stereocenters. The molecule has 3 aromatic carbocycles. The first-order chi connectivity index (χ1) is 25.9. The Balaban J connectivity index is 1.06. The first kappa shape index (κ1) is 38.1. The number of aromatic nitrogens is 2. The van der Waals surface area contributed by atoms with Crippen molar-refractivity contribution in [2.24, 2.45) is 5.92 Å². The lowest BCUT2D eigenvalue weighted by atomic mass is 9.88. The second kappa shape index (κ2) is 18.9. The molecule has 4 aromatic rings. The number of nitrogens with one attached hydrogen (secondary N) is 3. The van der Waals surface area contributed by atoms with Crippen molar-refractivity contribution in [3.8, 4) is 5.75 Å². The third-order valence-electron chi connectivity index (χ3n) is 10.1. The Bertz CT molecular complexity index is 1760. The Morgan fingerprint density at radius 2 is 1.79 bits per heavy atom. The number of halogens is 2. The van der Waals surface area contributed by atoms with Crippen molar-refractivity contribution in [1.82, 2.24) is 30.0 Å². The Morgan fingerprint density at radius 3 is 2.53 bits per heavy atom. The van der Waals surface area contributed by atoms with Crippen LogP contribution in [0.15, 0.2) is 79.3 Å². The molecule has 0 radical (unpaired) electrons. The van der Waals surface area contributed by atoms with Crippen LogP contribution in [0.25, 0.3) is 0 Å². The van der Waals surface area contributed by atoms with E-state index < -0.39 is 12.1 Å². The number of carbonyl (C=O) groups excluding carboxylic acids is 2. The fraction of sp³-hybridized carbons (Fsp3) is 0.425. The van der Waals surface area contributed by atoms with Gasteiger partial charge < -0.3 is 34.9 Å². The molecule has 3 N–H and O–H groups in total. The lowest BCUT2D eigenvalue weighted by Gasteiger charge is -2.40. The highest BCUT2D eigenvalue weighted by Gasteiger charge is 2.37. The number of piperazine rings is 1. The fourth-order valence-electron chi connectivity index (χ4n) is 7.10. The van der Waals surface area contributed by atoms with Crippen LogP contribution in [0.2, 0.25) is 5.02 Å². The number of rotatable bonds is 15. The van der Waals surface area contributed by atoms with E-state index in [0.29, 0.717) is 62.2 Å². The van der Waals surface area contributed by atoms with E-state index in [4.69, 9.17) is 21.1 Å². The van der Waals surface area contributed by atoms with E-state index >= 15 is 0 Å². The number of anilines is 1. The second-order valence-corrected chi connectivity index (χ2v) is 14.0. The van der Waals surface area contributed by atoms with Gasteiger partial charge in [-0.3, -0.25) is 9.69 Å². The number of aromatic amines is 1. The zero-order valence-electron chi connectivity index (χ0n) is 30.2. The highest BCUT2D eigenvalue weighted by Crippen LogP contribution is 2.27. The lowest BCUT2D eigenvalue weighted by Crippen LogP contribution is -2.58. The van der Waals surface area contributed by atoms with E-state index in [2.05, 4.69) is 30.4 Å². The summed E-state index contributed by atoms with van der Waals surface area (Å²) < 4.78 is 26.0. The largest absolute Gasteiger partial charge is 0.493 e. The van der Waals surface area contributed by atoms with Crippen molar-refractivity contribution >= 4 is 29.3 Å². The topological polar surface area (TPSA) is 115 Å². The van der Waals surface area contributed by atoms with Gasteiger partial charge in [0, 0.05) is 61.7 Å². The summed E-state index contributed by atoms with van der Waals surface area (Å²) in [6, 6.07) is 19.6. The van der Waals surface area contributed by atoms with E-state index in [0.717, 1.165) is 61.4 Å². The van der Waals surface area contributed by atoms with E-state index in [1.54, 1.807) is 24.7 Å². The number of alkyl carbamates (subject to hydrolysis) is 1. The summed E-state index contributed by atoms with van der Waals surface area (Å²) >= 11 is 6.39. The van der Waals surface area contributed by atoms with Crippen molar-refractivity contribution in [2.45, 2.75) is 51.9 Å². The maximum atomic E-state index is 14.8. The first-order valence-electron chi connectivity index (χ1n) is 18.5. The summed E-state index contributed by atoms with van der Waals surface area (Å²) in [5.41, 5.74) is 4.57.